The molecule has 0 unspecified atom stereocenters. The number of rotatable bonds is 4. The zero-order chi connectivity index (χ0) is 19.9. The molecule has 3 rings (SSSR count). The van der Waals surface area contributed by atoms with Gasteiger partial charge in [-0.05, 0) is 30.7 Å². The molecule has 0 fully saturated rings. The molecule has 0 bridgehead atoms. The summed E-state index contributed by atoms with van der Waals surface area (Å²) in [6.07, 6.45) is 1.02. The van der Waals surface area contributed by atoms with Crippen molar-refractivity contribution in [3.63, 3.8) is 0 Å². The van der Waals surface area contributed by atoms with Crippen LogP contribution in [0.1, 0.15) is 27.6 Å². The van der Waals surface area contributed by atoms with E-state index in [0.717, 1.165) is 12.3 Å². The van der Waals surface area contributed by atoms with Crippen molar-refractivity contribution in [2.75, 3.05) is 0 Å². The third-order valence-electron chi connectivity index (χ3n) is 4.25. The number of carbonyl (C=O) groups is 2. The lowest BCUT2D eigenvalue weighted by Crippen LogP contribution is -2.20. The van der Waals surface area contributed by atoms with E-state index in [1.807, 2.05) is 0 Å². The Balaban J connectivity index is 2.37. The number of benzene rings is 2. The number of pyridine rings is 1. The van der Waals surface area contributed by atoms with Gasteiger partial charge in [-0.15, -0.1) is 0 Å². The predicted octanol–water partition coefficient (Wildman–Crippen LogP) is 3.36. The van der Waals surface area contributed by atoms with Gasteiger partial charge in [-0.3, -0.25) is 4.79 Å². The molecular formula is C19H13F2NO5. The lowest BCUT2D eigenvalue weighted by atomic mass is 9.99. The lowest BCUT2D eigenvalue weighted by Gasteiger charge is -2.14. The van der Waals surface area contributed by atoms with Crippen molar-refractivity contribution in [1.82, 2.24) is 4.57 Å². The van der Waals surface area contributed by atoms with E-state index < -0.39 is 40.1 Å². The fraction of sp³-hybridized carbons (Fsp3) is 0.105. The van der Waals surface area contributed by atoms with Crippen LogP contribution in [-0.2, 0) is 6.54 Å². The zero-order valence-electron chi connectivity index (χ0n) is 14.0. The van der Waals surface area contributed by atoms with Crippen molar-refractivity contribution in [3.8, 4) is 11.1 Å². The van der Waals surface area contributed by atoms with Gasteiger partial charge in [0, 0.05) is 12.7 Å². The minimum atomic E-state index is -1.49. The molecule has 138 valence electrons. The highest BCUT2D eigenvalue weighted by Crippen LogP contribution is 2.31. The number of hydrogen-bond donors (Lipinski definition) is 2. The smallest absolute Gasteiger partial charge is 0.341 e. The van der Waals surface area contributed by atoms with Gasteiger partial charge < -0.3 is 14.8 Å². The van der Waals surface area contributed by atoms with Gasteiger partial charge in [0.15, 0.2) is 5.82 Å². The molecule has 3 aromatic rings. The molecule has 0 spiro atoms. The highest BCUT2D eigenvalue weighted by Gasteiger charge is 2.22. The molecule has 27 heavy (non-hydrogen) atoms. The summed E-state index contributed by atoms with van der Waals surface area (Å²) >= 11 is 0. The van der Waals surface area contributed by atoms with Crippen LogP contribution in [0.25, 0.3) is 22.0 Å². The maximum Gasteiger partial charge on any atom is 0.341 e. The van der Waals surface area contributed by atoms with Crippen LogP contribution in [0.4, 0.5) is 8.78 Å². The number of aromatic nitrogens is 1. The second-order valence-electron chi connectivity index (χ2n) is 5.79. The van der Waals surface area contributed by atoms with Gasteiger partial charge in [-0.25, -0.2) is 18.4 Å². The van der Waals surface area contributed by atoms with Crippen molar-refractivity contribution in [2.24, 2.45) is 0 Å². The van der Waals surface area contributed by atoms with E-state index in [1.54, 1.807) is 6.92 Å². The van der Waals surface area contributed by atoms with Crippen LogP contribution in [0.5, 0.6) is 0 Å². The first-order chi connectivity index (χ1) is 12.8. The van der Waals surface area contributed by atoms with Crippen LogP contribution in [0, 0.1) is 11.6 Å². The first-order valence-corrected chi connectivity index (χ1v) is 7.88. The normalized spacial score (nSPS) is 10.9. The van der Waals surface area contributed by atoms with Crippen LogP contribution in [0.3, 0.4) is 0 Å². The molecule has 0 aliphatic rings. The summed E-state index contributed by atoms with van der Waals surface area (Å²) in [5.41, 5.74) is -2.16. The van der Waals surface area contributed by atoms with E-state index in [0.29, 0.717) is 0 Å². The van der Waals surface area contributed by atoms with Gasteiger partial charge in [0.1, 0.15) is 11.4 Å². The van der Waals surface area contributed by atoms with Gasteiger partial charge in [-0.1, -0.05) is 12.1 Å². The molecule has 2 N–H and O–H groups in total. The average Bonchev–Trinajstić information content (AvgIpc) is 2.62. The van der Waals surface area contributed by atoms with E-state index in [9.17, 15) is 18.8 Å². The van der Waals surface area contributed by atoms with Gasteiger partial charge in [0.25, 0.3) is 0 Å². The Morgan fingerprint density at radius 3 is 2.22 bits per heavy atom. The molecule has 1 heterocycles. The summed E-state index contributed by atoms with van der Waals surface area (Å²) < 4.78 is 31.0. The number of hydrogen-bond acceptors (Lipinski definition) is 3. The van der Waals surface area contributed by atoms with Crippen LogP contribution in [-0.4, -0.2) is 26.7 Å². The Morgan fingerprint density at radius 2 is 1.70 bits per heavy atom. The maximum atomic E-state index is 15.2. The van der Waals surface area contributed by atoms with Crippen molar-refractivity contribution >= 4 is 22.8 Å². The number of carboxylic acids is 2. The predicted molar refractivity (Wildman–Crippen MR) is 93.2 cm³/mol. The molecule has 0 atom stereocenters. The van der Waals surface area contributed by atoms with Crippen molar-refractivity contribution in [1.29, 1.82) is 0 Å². The minimum absolute atomic E-state index is 0.0445. The highest BCUT2D eigenvalue weighted by atomic mass is 19.1. The van der Waals surface area contributed by atoms with Crippen molar-refractivity contribution < 1.29 is 28.6 Å². The number of aryl methyl sites for hydroxylation is 1. The van der Waals surface area contributed by atoms with Crippen LogP contribution in [0.15, 0.2) is 41.3 Å². The number of fused-ring (bicyclic) bond motifs is 1. The fourth-order valence-corrected chi connectivity index (χ4v) is 2.93. The summed E-state index contributed by atoms with van der Waals surface area (Å²) in [5.74, 6) is -4.74. The maximum absolute atomic E-state index is 15.2. The van der Waals surface area contributed by atoms with Crippen LogP contribution < -0.4 is 5.43 Å². The molecule has 2 aromatic carbocycles. The van der Waals surface area contributed by atoms with Crippen LogP contribution in [0.2, 0.25) is 0 Å². The summed E-state index contributed by atoms with van der Waals surface area (Å²) in [4.78, 5) is 34.5. The van der Waals surface area contributed by atoms with Gasteiger partial charge >= 0.3 is 11.9 Å². The molecule has 0 saturated heterocycles. The van der Waals surface area contributed by atoms with E-state index in [-0.39, 0.29) is 28.6 Å². The summed E-state index contributed by atoms with van der Waals surface area (Å²) in [6, 6.07) is 5.75. The molecule has 0 amide bonds. The third kappa shape index (κ3) is 2.95. The Kier molecular flexibility index (Phi) is 4.49. The molecule has 1 aromatic heterocycles. The summed E-state index contributed by atoms with van der Waals surface area (Å²) in [5, 5.41) is 17.7. The largest absolute Gasteiger partial charge is 0.478 e. The summed E-state index contributed by atoms with van der Waals surface area (Å²) in [6.45, 7) is 1.77. The second-order valence-corrected chi connectivity index (χ2v) is 5.79. The van der Waals surface area contributed by atoms with Crippen LogP contribution >= 0.6 is 0 Å². The molecule has 8 heteroatoms. The third-order valence-corrected chi connectivity index (χ3v) is 4.25. The topological polar surface area (TPSA) is 96.6 Å². The standard InChI is InChI=1S/C19H13F2NO5/c1-2-22-8-12(19(26)27)17(23)11-7-13(20)14(15(21)16(11)22)9-3-5-10(6-4-9)18(24)25/h3-8H,2H2,1H3,(H,24,25)(H,26,27). The molecule has 0 radical (unpaired) electrons. The molecule has 0 saturated carbocycles. The number of nitrogens with zero attached hydrogens (tertiary/aromatic N) is 1. The molecule has 0 aliphatic carbocycles. The minimum Gasteiger partial charge on any atom is -0.478 e. The first-order valence-electron chi connectivity index (χ1n) is 7.88. The monoisotopic (exact) mass is 373 g/mol. The van der Waals surface area contributed by atoms with Gasteiger partial charge in [0.2, 0.25) is 5.43 Å². The SMILES string of the molecule is CCn1cc(C(=O)O)c(=O)c2cc(F)c(-c3ccc(C(=O)O)cc3)c(F)c21. The van der Waals surface area contributed by atoms with Gasteiger partial charge in [0.05, 0.1) is 22.0 Å². The first kappa shape index (κ1) is 18.2. The number of halogens is 2. The van der Waals surface area contributed by atoms with Crippen molar-refractivity contribution in [2.45, 2.75) is 13.5 Å². The quantitative estimate of drug-likeness (QED) is 0.731. The Hall–Kier alpha value is -3.55. The number of aromatic carboxylic acids is 2. The molecular weight excluding hydrogens is 360 g/mol. The highest BCUT2D eigenvalue weighted by molar-refractivity contribution is 5.94. The number of carboxylic acid groups (broad SMARTS) is 2. The second kappa shape index (κ2) is 6.64. The van der Waals surface area contributed by atoms with Gasteiger partial charge in [-0.2, -0.15) is 0 Å². The average molecular weight is 373 g/mol. The lowest BCUT2D eigenvalue weighted by molar-refractivity contribution is 0.0685. The van der Waals surface area contributed by atoms with E-state index >= 15 is 4.39 Å². The van der Waals surface area contributed by atoms with E-state index in [1.165, 1.54) is 28.8 Å². The molecule has 0 aliphatic heterocycles. The molecule has 6 nitrogen and oxygen atoms in total. The Morgan fingerprint density at radius 1 is 1.07 bits per heavy atom. The Labute approximate surface area is 150 Å². The van der Waals surface area contributed by atoms with Crippen molar-refractivity contribution in [3.05, 3.63) is 69.5 Å². The Bertz CT molecular complexity index is 1150. The summed E-state index contributed by atoms with van der Waals surface area (Å²) in [7, 11) is 0. The van der Waals surface area contributed by atoms with E-state index in [4.69, 9.17) is 10.2 Å². The van der Waals surface area contributed by atoms with E-state index in [2.05, 4.69) is 0 Å². The fourth-order valence-electron chi connectivity index (χ4n) is 2.93. The zero-order valence-corrected chi connectivity index (χ0v) is 14.0.